The molecular formula is C25H25FN4O4S. The molecule has 182 valence electrons. The van der Waals surface area contributed by atoms with E-state index < -0.39 is 17.8 Å². The number of amidine groups is 1. The lowest BCUT2D eigenvalue weighted by molar-refractivity contribution is -0.141. The van der Waals surface area contributed by atoms with Gasteiger partial charge < -0.3 is 19.7 Å². The number of aliphatic imine (C=N–C) groups is 1. The summed E-state index contributed by atoms with van der Waals surface area (Å²) >= 11 is 1.36. The third-order valence-electron chi connectivity index (χ3n) is 5.46. The molecule has 0 saturated carbocycles. The van der Waals surface area contributed by atoms with Crippen molar-refractivity contribution in [1.82, 2.24) is 15.2 Å². The van der Waals surface area contributed by atoms with Gasteiger partial charge in [0.15, 0.2) is 5.17 Å². The van der Waals surface area contributed by atoms with E-state index in [0.29, 0.717) is 34.2 Å². The van der Waals surface area contributed by atoms with Crippen LogP contribution in [0.25, 0.3) is 0 Å². The molecule has 2 aliphatic heterocycles. The van der Waals surface area contributed by atoms with Gasteiger partial charge in [-0.15, -0.1) is 0 Å². The molecule has 2 aromatic rings. The number of benzene rings is 1. The second-order valence-electron chi connectivity index (χ2n) is 7.89. The van der Waals surface area contributed by atoms with Gasteiger partial charge in [0.05, 0.1) is 30.3 Å². The molecule has 1 N–H and O–H groups in total. The van der Waals surface area contributed by atoms with Gasteiger partial charge in [-0.05, 0) is 41.7 Å². The summed E-state index contributed by atoms with van der Waals surface area (Å²) in [7, 11) is 1.52. The third-order valence-corrected chi connectivity index (χ3v) is 6.35. The fraction of sp³-hybridized carbons (Fsp3) is 0.280. The molecule has 3 heterocycles. The van der Waals surface area contributed by atoms with Crippen LogP contribution in [-0.2, 0) is 25.6 Å². The van der Waals surface area contributed by atoms with Crippen LogP contribution in [0, 0.1) is 5.82 Å². The molecule has 0 spiro atoms. The summed E-state index contributed by atoms with van der Waals surface area (Å²) in [5, 5.41) is 5.34. The Morgan fingerprint density at radius 3 is 2.83 bits per heavy atom. The molecule has 0 unspecified atom stereocenters. The van der Waals surface area contributed by atoms with Crippen molar-refractivity contribution < 1.29 is 23.5 Å². The van der Waals surface area contributed by atoms with Crippen LogP contribution in [0.5, 0.6) is 0 Å². The maximum atomic E-state index is 14.2. The first kappa shape index (κ1) is 24.6. The van der Waals surface area contributed by atoms with Gasteiger partial charge in [-0.2, -0.15) is 0 Å². The minimum atomic E-state index is -0.694. The number of allylic oxidation sites excluding steroid dienone is 1. The summed E-state index contributed by atoms with van der Waals surface area (Å²) in [5.41, 5.74) is 2.87. The number of pyridine rings is 1. The number of nitrogens with one attached hydrogen (secondary N) is 1. The van der Waals surface area contributed by atoms with E-state index in [0.717, 1.165) is 5.56 Å². The molecule has 10 heteroatoms. The van der Waals surface area contributed by atoms with Gasteiger partial charge in [0.2, 0.25) is 5.91 Å². The van der Waals surface area contributed by atoms with Crippen molar-refractivity contribution in [2.75, 3.05) is 20.3 Å². The largest absolute Gasteiger partial charge is 0.460 e. The smallest absolute Gasteiger partial charge is 0.338 e. The van der Waals surface area contributed by atoms with Crippen molar-refractivity contribution in [2.45, 2.75) is 25.9 Å². The zero-order chi connectivity index (χ0) is 24.8. The number of nitrogens with zero attached hydrogens (tertiary/aromatic N) is 3. The first-order valence-electron chi connectivity index (χ1n) is 11.0. The Balaban J connectivity index is 1.59. The van der Waals surface area contributed by atoms with Crippen molar-refractivity contribution in [3.05, 3.63) is 88.1 Å². The summed E-state index contributed by atoms with van der Waals surface area (Å²) in [6.07, 6.45) is 3.42. The fourth-order valence-electron chi connectivity index (χ4n) is 3.85. The highest BCUT2D eigenvalue weighted by Gasteiger charge is 2.41. The lowest BCUT2D eigenvalue weighted by Crippen LogP contribution is -2.38. The second-order valence-corrected chi connectivity index (χ2v) is 8.73. The van der Waals surface area contributed by atoms with Gasteiger partial charge in [-0.1, -0.05) is 30.0 Å². The van der Waals surface area contributed by atoms with Crippen LogP contribution >= 0.6 is 11.8 Å². The highest BCUT2D eigenvalue weighted by Crippen LogP contribution is 2.44. The molecule has 2 aliphatic rings. The molecule has 0 radical (unpaired) electrons. The van der Waals surface area contributed by atoms with Crippen molar-refractivity contribution in [3.63, 3.8) is 0 Å². The highest BCUT2D eigenvalue weighted by atomic mass is 32.2. The minimum Gasteiger partial charge on any atom is -0.460 e. The SMILES string of the molecule is COCCOC(=O)C1=C(C)N=C2SC=C(CC(=O)NCc3cccnc3)N2[C@H]1c1cccc(F)c1. The number of carbonyl (C=O) groups is 2. The van der Waals surface area contributed by atoms with Gasteiger partial charge in [0.25, 0.3) is 0 Å². The number of amides is 1. The lowest BCUT2D eigenvalue weighted by Gasteiger charge is -2.36. The average molecular weight is 497 g/mol. The van der Waals surface area contributed by atoms with E-state index in [4.69, 9.17) is 9.47 Å². The average Bonchev–Trinajstić information content (AvgIpc) is 3.24. The predicted molar refractivity (Wildman–Crippen MR) is 130 cm³/mol. The maximum absolute atomic E-state index is 14.2. The van der Waals surface area contributed by atoms with Gasteiger partial charge in [-0.25, -0.2) is 14.2 Å². The van der Waals surface area contributed by atoms with Crippen molar-refractivity contribution in [1.29, 1.82) is 0 Å². The Hall–Kier alpha value is -3.50. The summed E-state index contributed by atoms with van der Waals surface area (Å²) < 4.78 is 24.6. The van der Waals surface area contributed by atoms with Crippen LogP contribution in [0.3, 0.4) is 0 Å². The monoisotopic (exact) mass is 496 g/mol. The number of aromatic nitrogens is 1. The van der Waals surface area contributed by atoms with E-state index in [1.165, 1.54) is 31.0 Å². The standard InChI is InChI=1S/C25H25FN4O4S/c1-16-22(24(32)34-10-9-33-2)23(18-6-3-7-19(26)11-18)30-20(15-35-25(30)29-16)12-21(31)28-14-17-5-4-8-27-13-17/h3-8,11,13,15,23H,9-10,12,14H2,1-2H3,(H,28,31)/t23-/m0/s1. The Bertz CT molecular complexity index is 1200. The maximum Gasteiger partial charge on any atom is 0.338 e. The van der Waals surface area contributed by atoms with Crippen molar-refractivity contribution in [2.24, 2.45) is 4.99 Å². The normalized spacial score (nSPS) is 17.0. The van der Waals surface area contributed by atoms with Gasteiger partial charge in [0, 0.05) is 31.7 Å². The summed E-state index contributed by atoms with van der Waals surface area (Å²) in [5.74, 6) is -1.19. The Morgan fingerprint density at radius 2 is 2.09 bits per heavy atom. The Morgan fingerprint density at radius 1 is 1.23 bits per heavy atom. The van der Waals surface area contributed by atoms with E-state index >= 15 is 0 Å². The predicted octanol–water partition coefficient (Wildman–Crippen LogP) is 3.69. The molecule has 4 rings (SSSR count). The fourth-order valence-corrected chi connectivity index (χ4v) is 4.81. The molecule has 35 heavy (non-hydrogen) atoms. The Labute approximate surface area is 206 Å². The number of hydrogen-bond donors (Lipinski definition) is 1. The van der Waals surface area contributed by atoms with Gasteiger partial charge in [0.1, 0.15) is 12.4 Å². The molecule has 1 aromatic carbocycles. The van der Waals surface area contributed by atoms with Gasteiger partial charge in [-0.3, -0.25) is 9.78 Å². The minimum absolute atomic E-state index is 0.0587. The van der Waals surface area contributed by atoms with Crippen LogP contribution in [0.4, 0.5) is 4.39 Å². The lowest BCUT2D eigenvalue weighted by atomic mass is 9.93. The number of ether oxygens (including phenoxy) is 2. The summed E-state index contributed by atoms with van der Waals surface area (Å²) in [4.78, 5) is 36.3. The summed E-state index contributed by atoms with van der Waals surface area (Å²) in [6.45, 7) is 2.39. The number of halogens is 1. The van der Waals surface area contributed by atoms with E-state index in [1.54, 1.807) is 37.5 Å². The zero-order valence-electron chi connectivity index (χ0n) is 19.4. The molecule has 8 nitrogen and oxygen atoms in total. The highest BCUT2D eigenvalue weighted by molar-refractivity contribution is 8.16. The molecular weight excluding hydrogens is 471 g/mol. The number of fused-ring (bicyclic) bond motifs is 1. The number of carbonyl (C=O) groups excluding carboxylic acids is 2. The molecule has 0 aliphatic carbocycles. The topological polar surface area (TPSA) is 93.1 Å². The van der Waals surface area contributed by atoms with Crippen molar-refractivity contribution in [3.8, 4) is 0 Å². The second kappa shape index (κ2) is 11.3. The molecule has 0 bridgehead atoms. The Kier molecular flexibility index (Phi) is 7.94. The number of esters is 1. The van der Waals surface area contributed by atoms with Crippen LogP contribution < -0.4 is 5.32 Å². The number of thioether (sulfide) groups is 1. The molecule has 1 amide bonds. The van der Waals surface area contributed by atoms with E-state index in [2.05, 4.69) is 15.3 Å². The van der Waals surface area contributed by atoms with Crippen LogP contribution in [0.15, 0.2) is 76.2 Å². The first-order chi connectivity index (χ1) is 17.0. The number of methoxy groups -OCH3 is 1. The molecule has 1 aromatic heterocycles. The summed E-state index contributed by atoms with van der Waals surface area (Å²) in [6, 6.07) is 9.05. The molecule has 1 atom stereocenters. The van der Waals surface area contributed by atoms with Crippen LogP contribution in [0.1, 0.15) is 30.5 Å². The van der Waals surface area contributed by atoms with Crippen LogP contribution in [0.2, 0.25) is 0 Å². The third kappa shape index (κ3) is 5.77. The number of hydrogen-bond acceptors (Lipinski definition) is 8. The van der Waals surface area contributed by atoms with E-state index in [1.807, 2.05) is 16.4 Å². The van der Waals surface area contributed by atoms with E-state index in [-0.39, 0.29) is 25.5 Å². The quantitative estimate of drug-likeness (QED) is 0.418. The van der Waals surface area contributed by atoms with E-state index in [9.17, 15) is 14.0 Å². The first-order valence-corrected chi connectivity index (χ1v) is 11.9. The number of rotatable bonds is 9. The van der Waals surface area contributed by atoms with Crippen molar-refractivity contribution >= 4 is 28.8 Å². The van der Waals surface area contributed by atoms with Gasteiger partial charge >= 0.3 is 5.97 Å². The van der Waals surface area contributed by atoms with Crippen LogP contribution in [-0.4, -0.2) is 47.3 Å². The molecule has 0 fully saturated rings. The zero-order valence-corrected chi connectivity index (χ0v) is 20.2. The molecule has 0 saturated heterocycles.